The van der Waals surface area contributed by atoms with Gasteiger partial charge in [-0.2, -0.15) is 10.4 Å². The topological polar surface area (TPSA) is 98.6 Å². The van der Waals surface area contributed by atoms with Gasteiger partial charge in [-0.05, 0) is 36.4 Å². The number of anilines is 1. The summed E-state index contributed by atoms with van der Waals surface area (Å²) in [5, 5.41) is 15.9. The van der Waals surface area contributed by atoms with Crippen LogP contribution in [-0.2, 0) is 10.0 Å². The Balaban J connectivity index is 2.00. The summed E-state index contributed by atoms with van der Waals surface area (Å²) in [6.07, 6.45) is 0. The van der Waals surface area contributed by atoms with Crippen molar-refractivity contribution in [2.75, 3.05) is 4.72 Å². The van der Waals surface area contributed by atoms with E-state index in [1.165, 1.54) is 24.3 Å². The van der Waals surface area contributed by atoms with Crippen LogP contribution in [0.3, 0.4) is 0 Å². The molecule has 0 aliphatic carbocycles. The number of H-pyrrole nitrogens is 1. The van der Waals surface area contributed by atoms with E-state index in [9.17, 15) is 12.8 Å². The molecule has 3 rings (SSSR count). The van der Waals surface area contributed by atoms with Crippen LogP contribution in [-0.4, -0.2) is 18.6 Å². The average Bonchev–Trinajstić information content (AvgIpc) is 2.89. The number of rotatable bonds is 3. The number of hydrogen-bond donors (Lipinski definition) is 2. The highest BCUT2D eigenvalue weighted by Crippen LogP contribution is 2.22. The molecule has 0 aliphatic heterocycles. The Morgan fingerprint density at radius 2 is 2.05 bits per heavy atom. The van der Waals surface area contributed by atoms with Gasteiger partial charge in [-0.15, -0.1) is 0 Å². The van der Waals surface area contributed by atoms with Crippen LogP contribution in [0.5, 0.6) is 0 Å². The van der Waals surface area contributed by atoms with Gasteiger partial charge in [0.15, 0.2) is 5.69 Å². The fourth-order valence-electron chi connectivity index (χ4n) is 2.01. The summed E-state index contributed by atoms with van der Waals surface area (Å²) in [6.45, 7) is 0. The molecule has 0 radical (unpaired) electrons. The number of hydrogen-bond acceptors (Lipinski definition) is 4. The van der Waals surface area contributed by atoms with Crippen LogP contribution in [0.4, 0.5) is 10.1 Å². The van der Waals surface area contributed by atoms with Crippen LogP contribution < -0.4 is 4.72 Å². The number of nitrogens with zero attached hydrogens (tertiary/aromatic N) is 2. The number of nitriles is 1. The van der Waals surface area contributed by atoms with Gasteiger partial charge in [-0.25, -0.2) is 12.8 Å². The summed E-state index contributed by atoms with van der Waals surface area (Å²) in [5.41, 5.74) is 1.04. The molecule has 0 bridgehead atoms. The first-order chi connectivity index (χ1) is 10.5. The predicted molar refractivity (Wildman–Crippen MR) is 78.0 cm³/mol. The number of aromatic amines is 1. The molecule has 0 spiro atoms. The van der Waals surface area contributed by atoms with Crippen LogP contribution in [0, 0.1) is 17.1 Å². The van der Waals surface area contributed by atoms with Crippen molar-refractivity contribution in [2.45, 2.75) is 4.90 Å². The maximum atomic E-state index is 13.2. The maximum absolute atomic E-state index is 13.2. The van der Waals surface area contributed by atoms with Crippen molar-refractivity contribution in [3.63, 3.8) is 0 Å². The molecule has 2 aromatic carbocycles. The Bertz CT molecular complexity index is 1010. The third-order valence-corrected chi connectivity index (χ3v) is 4.41. The highest BCUT2D eigenvalue weighted by atomic mass is 32.2. The molecular formula is C14H9FN4O2S. The lowest BCUT2D eigenvalue weighted by Crippen LogP contribution is -2.13. The molecule has 1 heterocycles. The van der Waals surface area contributed by atoms with Crippen molar-refractivity contribution in [3.05, 3.63) is 54.0 Å². The zero-order valence-corrected chi connectivity index (χ0v) is 11.9. The van der Waals surface area contributed by atoms with E-state index in [-0.39, 0.29) is 16.3 Å². The molecule has 6 nitrogen and oxygen atoms in total. The van der Waals surface area contributed by atoms with E-state index in [2.05, 4.69) is 14.9 Å². The number of aromatic nitrogens is 2. The van der Waals surface area contributed by atoms with Gasteiger partial charge in [-0.3, -0.25) is 9.82 Å². The van der Waals surface area contributed by atoms with Crippen LogP contribution in [0.1, 0.15) is 5.69 Å². The molecule has 0 atom stereocenters. The largest absolute Gasteiger partial charge is 0.280 e. The summed E-state index contributed by atoms with van der Waals surface area (Å²) in [7, 11) is -3.91. The van der Waals surface area contributed by atoms with E-state index >= 15 is 0 Å². The number of fused-ring (bicyclic) bond motifs is 1. The van der Waals surface area contributed by atoms with Crippen LogP contribution in [0.25, 0.3) is 10.9 Å². The minimum atomic E-state index is -3.91. The highest BCUT2D eigenvalue weighted by Gasteiger charge is 2.15. The second-order valence-corrected chi connectivity index (χ2v) is 6.19. The third-order valence-electron chi connectivity index (χ3n) is 3.03. The fourth-order valence-corrected chi connectivity index (χ4v) is 3.09. The maximum Gasteiger partial charge on any atom is 0.261 e. The van der Waals surface area contributed by atoms with E-state index in [1.807, 2.05) is 6.07 Å². The summed E-state index contributed by atoms with van der Waals surface area (Å²) < 4.78 is 39.9. The zero-order valence-electron chi connectivity index (χ0n) is 11.0. The van der Waals surface area contributed by atoms with Crippen molar-refractivity contribution < 1.29 is 12.8 Å². The Kier molecular flexibility index (Phi) is 3.27. The van der Waals surface area contributed by atoms with Gasteiger partial charge in [0.25, 0.3) is 10.0 Å². The molecule has 110 valence electrons. The van der Waals surface area contributed by atoms with E-state index < -0.39 is 15.8 Å². The normalized spacial score (nSPS) is 11.3. The van der Waals surface area contributed by atoms with Crippen molar-refractivity contribution in [2.24, 2.45) is 0 Å². The minimum absolute atomic E-state index is 0.168. The van der Waals surface area contributed by atoms with Gasteiger partial charge in [0, 0.05) is 11.1 Å². The van der Waals surface area contributed by atoms with Crippen LogP contribution in [0.2, 0.25) is 0 Å². The molecule has 0 aliphatic rings. The zero-order chi connectivity index (χ0) is 15.7. The lowest BCUT2D eigenvalue weighted by atomic mass is 10.2. The van der Waals surface area contributed by atoms with Crippen molar-refractivity contribution >= 4 is 26.6 Å². The second-order valence-electron chi connectivity index (χ2n) is 4.51. The number of halogens is 1. The predicted octanol–water partition coefficient (Wildman–Crippen LogP) is 2.37. The second kappa shape index (κ2) is 5.13. The van der Waals surface area contributed by atoms with Gasteiger partial charge < -0.3 is 0 Å². The molecule has 22 heavy (non-hydrogen) atoms. The smallest absolute Gasteiger partial charge is 0.261 e. The monoisotopic (exact) mass is 316 g/mol. The Labute approximate surface area is 125 Å². The molecule has 8 heteroatoms. The van der Waals surface area contributed by atoms with Gasteiger partial charge in [0.1, 0.15) is 11.9 Å². The Hall–Kier alpha value is -2.92. The first kappa shape index (κ1) is 14.0. The van der Waals surface area contributed by atoms with Crippen molar-refractivity contribution in [1.82, 2.24) is 10.2 Å². The van der Waals surface area contributed by atoms with Crippen molar-refractivity contribution in [3.8, 4) is 6.07 Å². The quantitative estimate of drug-likeness (QED) is 0.775. The Morgan fingerprint density at radius 1 is 1.23 bits per heavy atom. The molecule has 0 saturated carbocycles. The van der Waals surface area contributed by atoms with Crippen molar-refractivity contribution in [1.29, 1.82) is 5.26 Å². The average molecular weight is 316 g/mol. The summed E-state index contributed by atoms with van der Waals surface area (Å²) in [5.74, 6) is -0.639. The number of benzene rings is 2. The molecular weight excluding hydrogens is 307 g/mol. The highest BCUT2D eigenvalue weighted by molar-refractivity contribution is 7.92. The van der Waals surface area contributed by atoms with Crippen LogP contribution >= 0.6 is 0 Å². The van der Waals surface area contributed by atoms with E-state index in [0.717, 1.165) is 12.1 Å². The molecule has 2 N–H and O–H groups in total. The molecule has 0 unspecified atom stereocenters. The number of sulfonamides is 1. The minimum Gasteiger partial charge on any atom is -0.280 e. The first-order valence-electron chi connectivity index (χ1n) is 6.16. The van der Waals surface area contributed by atoms with Crippen LogP contribution in [0.15, 0.2) is 47.4 Å². The van der Waals surface area contributed by atoms with Gasteiger partial charge in [0.05, 0.1) is 10.4 Å². The van der Waals surface area contributed by atoms with Gasteiger partial charge in [0.2, 0.25) is 0 Å². The fraction of sp³-hybridized carbons (Fsp3) is 0. The standard InChI is InChI=1S/C14H9FN4O2S/c15-9-2-1-3-11(6-9)22(20,21)19-10-4-5-13-12(7-10)14(8-16)18-17-13/h1-7,19H,(H,17,18). The first-order valence-corrected chi connectivity index (χ1v) is 7.64. The summed E-state index contributed by atoms with van der Waals surface area (Å²) >= 11 is 0. The van der Waals surface area contributed by atoms with E-state index in [1.54, 1.807) is 6.07 Å². The third kappa shape index (κ3) is 2.49. The lowest BCUT2D eigenvalue weighted by molar-refractivity contribution is 0.595. The van der Waals surface area contributed by atoms with Gasteiger partial charge >= 0.3 is 0 Å². The molecule has 0 saturated heterocycles. The number of nitrogens with one attached hydrogen (secondary N) is 2. The molecule has 0 amide bonds. The molecule has 3 aromatic rings. The summed E-state index contributed by atoms with van der Waals surface area (Å²) in [6, 6.07) is 11.2. The summed E-state index contributed by atoms with van der Waals surface area (Å²) in [4.78, 5) is -0.180. The lowest BCUT2D eigenvalue weighted by Gasteiger charge is -2.08. The van der Waals surface area contributed by atoms with Gasteiger partial charge in [-0.1, -0.05) is 6.07 Å². The molecule has 0 fully saturated rings. The SMILES string of the molecule is N#Cc1n[nH]c2ccc(NS(=O)(=O)c3cccc(F)c3)cc12. The molecule has 1 aromatic heterocycles. The van der Waals surface area contributed by atoms with E-state index in [0.29, 0.717) is 10.9 Å². The van der Waals surface area contributed by atoms with E-state index in [4.69, 9.17) is 5.26 Å². The Morgan fingerprint density at radius 3 is 2.77 bits per heavy atom.